The summed E-state index contributed by atoms with van der Waals surface area (Å²) in [5.41, 5.74) is 0.465. The van der Waals surface area contributed by atoms with E-state index in [0.29, 0.717) is 17.5 Å². The van der Waals surface area contributed by atoms with E-state index in [1.54, 1.807) is 14.2 Å². The van der Waals surface area contributed by atoms with Crippen molar-refractivity contribution >= 4 is 6.03 Å². The molecule has 5 heteroatoms. The summed E-state index contributed by atoms with van der Waals surface area (Å²) in [5.74, 6) is 1.34. The lowest BCUT2D eigenvalue weighted by Gasteiger charge is -2.30. The van der Waals surface area contributed by atoms with E-state index >= 15 is 0 Å². The van der Waals surface area contributed by atoms with Crippen molar-refractivity contribution in [3.63, 3.8) is 0 Å². The highest BCUT2D eigenvalue weighted by atomic mass is 16.5. The molecule has 0 aliphatic heterocycles. The van der Waals surface area contributed by atoms with Gasteiger partial charge < -0.3 is 20.1 Å². The SMILES string of the molecule is COc1ccc(C(C)(C)NC(=O)NC2CCCCC2)cc1OC. The molecule has 128 valence electrons. The number of methoxy groups -OCH3 is 2. The Hall–Kier alpha value is -1.91. The summed E-state index contributed by atoms with van der Waals surface area (Å²) in [6, 6.07) is 5.89. The standard InChI is InChI=1S/C18H28N2O3/c1-18(2,13-10-11-15(22-3)16(12-13)23-4)20-17(21)19-14-8-6-5-7-9-14/h10-12,14H,5-9H2,1-4H3,(H2,19,20,21). The van der Waals surface area contributed by atoms with Crippen LogP contribution in [0.25, 0.3) is 0 Å². The van der Waals surface area contributed by atoms with Gasteiger partial charge >= 0.3 is 6.03 Å². The number of hydrogen-bond donors (Lipinski definition) is 2. The summed E-state index contributed by atoms with van der Waals surface area (Å²) < 4.78 is 10.6. The quantitative estimate of drug-likeness (QED) is 0.872. The number of carbonyl (C=O) groups excluding carboxylic acids is 1. The number of benzene rings is 1. The Morgan fingerprint density at radius 3 is 2.35 bits per heavy atom. The van der Waals surface area contributed by atoms with Gasteiger partial charge in [-0.3, -0.25) is 0 Å². The van der Waals surface area contributed by atoms with E-state index in [1.165, 1.54) is 19.3 Å². The molecule has 0 aromatic heterocycles. The first-order chi connectivity index (χ1) is 11.0. The molecule has 1 aromatic carbocycles. The van der Waals surface area contributed by atoms with Crippen LogP contribution in [0.2, 0.25) is 0 Å². The lowest BCUT2D eigenvalue weighted by Crippen LogP contribution is -2.49. The summed E-state index contributed by atoms with van der Waals surface area (Å²) in [5, 5.41) is 6.15. The molecule has 2 rings (SSSR count). The van der Waals surface area contributed by atoms with Crippen molar-refractivity contribution in [3.05, 3.63) is 23.8 Å². The van der Waals surface area contributed by atoms with Gasteiger partial charge in [-0.2, -0.15) is 0 Å². The molecule has 0 radical (unpaired) electrons. The van der Waals surface area contributed by atoms with Crippen LogP contribution in [0.15, 0.2) is 18.2 Å². The number of nitrogens with one attached hydrogen (secondary N) is 2. The van der Waals surface area contributed by atoms with Gasteiger partial charge in [0, 0.05) is 6.04 Å². The molecule has 0 atom stereocenters. The molecule has 0 heterocycles. The minimum Gasteiger partial charge on any atom is -0.493 e. The van der Waals surface area contributed by atoms with E-state index in [4.69, 9.17) is 9.47 Å². The minimum absolute atomic E-state index is 0.114. The number of hydrogen-bond acceptors (Lipinski definition) is 3. The minimum atomic E-state index is -0.502. The van der Waals surface area contributed by atoms with Gasteiger partial charge in [-0.15, -0.1) is 0 Å². The third-order valence-electron chi connectivity index (χ3n) is 4.47. The molecule has 0 spiro atoms. The van der Waals surface area contributed by atoms with E-state index in [1.807, 2.05) is 32.0 Å². The zero-order valence-electron chi connectivity index (χ0n) is 14.6. The molecule has 2 N–H and O–H groups in total. The van der Waals surface area contributed by atoms with Crippen molar-refractivity contribution in [1.29, 1.82) is 0 Å². The van der Waals surface area contributed by atoms with Gasteiger partial charge in [0.25, 0.3) is 0 Å². The maximum absolute atomic E-state index is 12.3. The molecule has 1 fully saturated rings. The second-order valence-electron chi connectivity index (χ2n) is 6.63. The predicted molar refractivity (Wildman–Crippen MR) is 91.1 cm³/mol. The number of urea groups is 1. The van der Waals surface area contributed by atoms with Crippen molar-refractivity contribution in [2.45, 2.75) is 57.5 Å². The van der Waals surface area contributed by atoms with Crippen LogP contribution in [0.1, 0.15) is 51.5 Å². The molecule has 0 bridgehead atoms. The fourth-order valence-corrected chi connectivity index (χ4v) is 3.05. The molecular formula is C18H28N2O3. The topological polar surface area (TPSA) is 59.6 Å². The third-order valence-corrected chi connectivity index (χ3v) is 4.47. The summed E-state index contributed by atoms with van der Waals surface area (Å²) in [7, 11) is 3.22. The fraction of sp³-hybridized carbons (Fsp3) is 0.611. The fourth-order valence-electron chi connectivity index (χ4n) is 3.05. The first-order valence-corrected chi connectivity index (χ1v) is 8.27. The Morgan fingerprint density at radius 2 is 1.74 bits per heavy atom. The number of carbonyl (C=O) groups is 1. The van der Waals surface area contributed by atoms with Gasteiger partial charge in [0.15, 0.2) is 11.5 Å². The first-order valence-electron chi connectivity index (χ1n) is 8.27. The van der Waals surface area contributed by atoms with E-state index in [0.717, 1.165) is 18.4 Å². The van der Waals surface area contributed by atoms with Crippen LogP contribution in [0.5, 0.6) is 11.5 Å². The molecule has 2 amide bonds. The average Bonchev–Trinajstić information content (AvgIpc) is 2.54. The van der Waals surface area contributed by atoms with Crippen LogP contribution in [0.4, 0.5) is 4.79 Å². The molecule has 5 nitrogen and oxygen atoms in total. The molecule has 0 saturated heterocycles. The Morgan fingerprint density at radius 1 is 1.09 bits per heavy atom. The Bertz CT molecular complexity index is 537. The van der Waals surface area contributed by atoms with E-state index in [2.05, 4.69) is 10.6 Å². The first kappa shape index (κ1) is 17.4. The second-order valence-corrected chi connectivity index (χ2v) is 6.63. The third kappa shape index (κ3) is 4.53. The maximum atomic E-state index is 12.3. The summed E-state index contributed by atoms with van der Waals surface area (Å²) in [4.78, 5) is 12.3. The number of rotatable bonds is 5. The van der Waals surface area contributed by atoms with Crippen molar-refractivity contribution in [1.82, 2.24) is 10.6 Å². The molecular weight excluding hydrogens is 292 g/mol. The van der Waals surface area contributed by atoms with Crippen molar-refractivity contribution in [2.75, 3.05) is 14.2 Å². The van der Waals surface area contributed by atoms with Gasteiger partial charge in [0.2, 0.25) is 0 Å². The summed E-state index contributed by atoms with van der Waals surface area (Å²) in [6.45, 7) is 3.96. The molecule has 0 unspecified atom stereocenters. The Balaban J connectivity index is 2.03. The van der Waals surface area contributed by atoms with E-state index < -0.39 is 5.54 Å². The van der Waals surface area contributed by atoms with Crippen LogP contribution < -0.4 is 20.1 Å². The summed E-state index contributed by atoms with van der Waals surface area (Å²) in [6.07, 6.45) is 5.82. The lowest BCUT2D eigenvalue weighted by molar-refractivity contribution is 0.222. The highest BCUT2D eigenvalue weighted by Gasteiger charge is 2.25. The number of amides is 2. The van der Waals surface area contributed by atoms with Crippen LogP contribution in [-0.4, -0.2) is 26.3 Å². The highest BCUT2D eigenvalue weighted by Crippen LogP contribution is 2.32. The lowest BCUT2D eigenvalue weighted by atomic mass is 9.93. The number of ether oxygens (including phenoxy) is 2. The normalized spacial score (nSPS) is 15.8. The Labute approximate surface area is 138 Å². The summed E-state index contributed by atoms with van der Waals surface area (Å²) >= 11 is 0. The predicted octanol–water partition coefficient (Wildman–Crippen LogP) is 3.57. The molecule has 1 aliphatic carbocycles. The zero-order valence-corrected chi connectivity index (χ0v) is 14.6. The van der Waals surface area contributed by atoms with Gasteiger partial charge in [-0.05, 0) is 44.4 Å². The van der Waals surface area contributed by atoms with Gasteiger partial charge in [0.1, 0.15) is 0 Å². The molecule has 23 heavy (non-hydrogen) atoms. The Kier molecular flexibility index (Phi) is 5.74. The van der Waals surface area contributed by atoms with E-state index in [9.17, 15) is 4.79 Å². The van der Waals surface area contributed by atoms with E-state index in [-0.39, 0.29) is 6.03 Å². The smallest absolute Gasteiger partial charge is 0.315 e. The van der Waals surface area contributed by atoms with Gasteiger partial charge in [-0.1, -0.05) is 25.3 Å². The highest BCUT2D eigenvalue weighted by molar-refractivity contribution is 5.75. The van der Waals surface area contributed by atoms with Gasteiger partial charge in [0.05, 0.1) is 19.8 Å². The zero-order chi connectivity index (χ0) is 16.9. The van der Waals surface area contributed by atoms with Crippen LogP contribution >= 0.6 is 0 Å². The van der Waals surface area contributed by atoms with Crippen LogP contribution in [0, 0.1) is 0 Å². The maximum Gasteiger partial charge on any atom is 0.315 e. The molecule has 1 aromatic rings. The van der Waals surface area contributed by atoms with Crippen molar-refractivity contribution < 1.29 is 14.3 Å². The van der Waals surface area contributed by atoms with Crippen LogP contribution in [-0.2, 0) is 5.54 Å². The second kappa shape index (κ2) is 7.57. The largest absolute Gasteiger partial charge is 0.493 e. The van der Waals surface area contributed by atoms with Gasteiger partial charge in [-0.25, -0.2) is 4.79 Å². The monoisotopic (exact) mass is 320 g/mol. The molecule has 1 saturated carbocycles. The van der Waals surface area contributed by atoms with Crippen molar-refractivity contribution in [2.24, 2.45) is 0 Å². The van der Waals surface area contributed by atoms with Crippen LogP contribution in [0.3, 0.4) is 0 Å². The molecule has 1 aliphatic rings. The average molecular weight is 320 g/mol. The van der Waals surface area contributed by atoms with Crippen molar-refractivity contribution in [3.8, 4) is 11.5 Å².